The normalized spacial score (nSPS) is 9.80. The molecule has 0 aliphatic rings. The van der Waals surface area contributed by atoms with Gasteiger partial charge in [0.1, 0.15) is 12.4 Å². The predicted octanol–water partition coefficient (Wildman–Crippen LogP) is 3.16. The molecule has 4 heteroatoms. The molecule has 1 aromatic carbocycles. The van der Waals surface area contributed by atoms with Gasteiger partial charge in [-0.05, 0) is 36.8 Å². The number of benzene rings is 1. The zero-order valence-corrected chi connectivity index (χ0v) is 11.5. The molecule has 0 aliphatic heterocycles. The van der Waals surface area contributed by atoms with E-state index in [1.807, 2.05) is 36.4 Å². The molecular weight excluding hydrogens is 250 g/mol. The minimum Gasteiger partial charge on any atom is -0.487 e. The zero-order valence-electron chi connectivity index (χ0n) is 11.5. The van der Waals surface area contributed by atoms with Gasteiger partial charge in [0.25, 0.3) is 0 Å². The Morgan fingerprint density at radius 3 is 2.75 bits per heavy atom. The second-order valence-corrected chi connectivity index (χ2v) is 4.33. The van der Waals surface area contributed by atoms with Gasteiger partial charge < -0.3 is 10.1 Å². The van der Waals surface area contributed by atoms with Crippen LogP contribution in [0.3, 0.4) is 0 Å². The number of pyridine rings is 1. The van der Waals surface area contributed by atoms with E-state index in [-0.39, 0.29) is 0 Å². The summed E-state index contributed by atoms with van der Waals surface area (Å²) >= 11 is 0. The first-order valence-electron chi connectivity index (χ1n) is 6.59. The fourth-order valence-corrected chi connectivity index (χ4v) is 1.82. The second kappa shape index (κ2) is 7.15. The summed E-state index contributed by atoms with van der Waals surface area (Å²) in [6.07, 6.45) is 2.19. The summed E-state index contributed by atoms with van der Waals surface area (Å²) in [5.74, 6) is 0.780. The van der Waals surface area contributed by atoms with Crippen LogP contribution in [0.4, 0.5) is 5.69 Å². The fourth-order valence-electron chi connectivity index (χ4n) is 1.82. The van der Waals surface area contributed by atoms with Gasteiger partial charge in [-0.15, -0.1) is 0 Å². The largest absolute Gasteiger partial charge is 0.487 e. The molecule has 0 amide bonds. The van der Waals surface area contributed by atoms with E-state index in [0.717, 1.165) is 29.2 Å². The summed E-state index contributed by atoms with van der Waals surface area (Å²) in [5, 5.41) is 11.9. The number of hydrogen-bond acceptors (Lipinski definition) is 4. The lowest BCUT2D eigenvalue weighted by Crippen LogP contribution is -2.01. The molecule has 0 bridgehead atoms. The molecular formula is C16H17N3O. The van der Waals surface area contributed by atoms with Crippen molar-refractivity contribution in [3.63, 3.8) is 0 Å². The lowest BCUT2D eigenvalue weighted by Gasteiger charge is -2.08. The van der Waals surface area contributed by atoms with Gasteiger partial charge in [-0.25, -0.2) is 0 Å². The number of hydrogen-bond donors (Lipinski definition) is 1. The molecule has 0 saturated heterocycles. The van der Waals surface area contributed by atoms with Crippen LogP contribution in [-0.2, 0) is 13.0 Å². The van der Waals surface area contributed by atoms with E-state index >= 15 is 0 Å². The molecule has 1 heterocycles. The highest BCUT2D eigenvalue weighted by Crippen LogP contribution is 2.15. The highest BCUT2D eigenvalue weighted by molar-refractivity contribution is 5.43. The van der Waals surface area contributed by atoms with Crippen molar-refractivity contribution in [2.45, 2.75) is 20.0 Å². The van der Waals surface area contributed by atoms with Gasteiger partial charge >= 0.3 is 0 Å². The molecule has 0 radical (unpaired) electrons. The maximum absolute atomic E-state index is 8.62. The molecule has 0 spiro atoms. The third-order valence-corrected chi connectivity index (χ3v) is 2.79. The van der Waals surface area contributed by atoms with Gasteiger partial charge in [-0.2, -0.15) is 5.26 Å². The molecule has 0 saturated carbocycles. The average molecular weight is 267 g/mol. The Hall–Kier alpha value is -2.54. The Morgan fingerprint density at radius 1 is 1.25 bits per heavy atom. The van der Waals surface area contributed by atoms with E-state index in [2.05, 4.69) is 23.3 Å². The first kappa shape index (κ1) is 13.9. The summed E-state index contributed by atoms with van der Waals surface area (Å²) < 4.78 is 5.69. The van der Waals surface area contributed by atoms with Crippen molar-refractivity contribution in [1.82, 2.24) is 4.98 Å². The highest BCUT2D eigenvalue weighted by Gasteiger charge is 1.99. The number of anilines is 1. The minimum atomic E-state index is 0.423. The second-order valence-electron chi connectivity index (χ2n) is 4.33. The molecule has 2 rings (SSSR count). The molecule has 1 N–H and O–H groups in total. The molecule has 20 heavy (non-hydrogen) atoms. The quantitative estimate of drug-likeness (QED) is 0.873. The molecule has 0 atom stereocenters. The molecule has 0 fully saturated rings. The van der Waals surface area contributed by atoms with E-state index < -0.39 is 0 Å². The Kier molecular flexibility index (Phi) is 4.96. The van der Waals surface area contributed by atoms with Crippen LogP contribution in [0.1, 0.15) is 18.2 Å². The number of nitriles is 1. The minimum absolute atomic E-state index is 0.423. The van der Waals surface area contributed by atoms with Crippen molar-refractivity contribution in [2.24, 2.45) is 0 Å². The Bertz CT molecular complexity index is 587. The van der Waals surface area contributed by atoms with E-state index in [4.69, 9.17) is 10.00 Å². The number of nitrogens with one attached hydrogen (secondary N) is 1. The summed E-state index contributed by atoms with van der Waals surface area (Å²) in [4.78, 5) is 4.28. The van der Waals surface area contributed by atoms with Gasteiger partial charge in [0.05, 0.1) is 18.2 Å². The third kappa shape index (κ3) is 3.99. The molecule has 2 aromatic rings. The summed E-state index contributed by atoms with van der Waals surface area (Å²) in [6, 6.07) is 13.6. The number of aromatic nitrogens is 1. The number of nitrogens with zero attached hydrogens (tertiary/aromatic N) is 2. The highest BCUT2D eigenvalue weighted by atomic mass is 16.5. The van der Waals surface area contributed by atoms with Crippen molar-refractivity contribution < 1.29 is 4.74 Å². The van der Waals surface area contributed by atoms with E-state index in [9.17, 15) is 0 Å². The van der Waals surface area contributed by atoms with Crippen LogP contribution in [-0.4, -0.2) is 11.5 Å². The van der Waals surface area contributed by atoms with Crippen molar-refractivity contribution in [1.29, 1.82) is 5.26 Å². The van der Waals surface area contributed by atoms with Gasteiger partial charge in [0, 0.05) is 18.4 Å². The van der Waals surface area contributed by atoms with Crippen molar-refractivity contribution in [3.8, 4) is 11.8 Å². The maximum atomic E-state index is 8.62. The van der Waals surface area contributed by atoms with Crippen LogP contribution in [0.2, 0.25) is 0 Å². The number of rotatable bonds is 6. The Balaban J connectivity index is 1.94. The molecule has 0 aliphatic carbocycles. The molecule has 0 unspecified atom stereocenters. The van der Waals surface area contributed by atoms with Crippen molar-refractivity contribution in [3.05, 3.63) is 53.9 Å². The summed E-state index contributed by atoms with van der Waals surface area (Å²) in [5.41, 5.74) is 2.92. The van der Waals surface area contributed by atoms with Crippen LogP contribution in [0.5, 0.6) is 5.75 Å². The van der Waals surface area contributed by atoms with Gasteiger partial charge in [-0.1, -0.05) is 12.1 Å². The predicted molar refractivity (Wildman–Crippen MR) is 78.5 cm³/mol. The third-order valence-electron chi connectivity index (χ3n) is 2.79. The Labute approximate surface area is 119 Å². The smallest absolute Gasteiger partial charge is 0.130 e. The van der Waals surface area contributed by atoms with Crippen molar-refractivity contribution >= 4 is 5.69 Å². The lowest BCUT2D eigenvalue weighted by atomic mass is 10.2. The Morgan fingerprint density at radius 2 is 2.05 bits per heavy atom. The van der Waals surface area contributed by atoms with Crippen LogP contribution in [0.15, 0.2) is 42.6 Å². The van der Waals surface area contributed by atoms with Crippen LogP contribution in [0, 0.1) is 11.3 Å². The molecule has 102 valence electrons. The van der Waals surface area contributed by atoms with Gasteiger partial charge in [0.15, 0.2) is 0 Å². The lowest BCUT2D eigenvalue weighted by molar-refractivity contribution is 0.301. The van der Waals surface area contributed by atoms with Gasteiger partial charge in [-0.3, -0.25) is 4.98 Å². The van der Waals surface area contributed by atoms with Crippen LogP contribution >= 0.6 is 0 Å². The van der Waals surface area contributed by atoms with Crippen molar-refractivity contribution in [2.75, 3.05) is 11.9 Å². The standard InChI is InChI=1S/C16H17N3O/c1-2-18-14-8-10-19-15(11-14)12-20-16-5-3-13(4-6-16)7-9-17/h3-6,8,10-11H,2,7,12H2,1H3,(H,18,19). The first-order valence-corrected chi connectivity index (χ1v) is 6.59. The number of ether oxygens (including phenoxy) is 1. The summed E-state index contributed by atoms with van der Waals surface area (Å²) in [7, 11) is 0. The van der Waals surface area contributed by atoms with E-state index in [1.165, 1.54) is 0 Å². The molecule has 4 nitrogen and oxygen atoms in total. The van der Waals surface area contributed by atoms with Gasteiger partial charge in [0.2, 0.25) is 0 Å². The van der Waals surface area contributed by atoms with Crippen LogP contribution in [0.25, 0.3) is 0 Å². The van der Waals surface area contributed by atoms with E-state index in [1.54, 1.807) is 6.20 Å². The fraction of sp³-hybridized carbons (Fsp3) is 0.250. The zero-order chi connectivity index (χ0) is 14.2. The molecule has 1 aromatic heterocycles. The topological polar surface area (TPSA) is 57.9 Å². The average Bonchev–Trinajstić information content (AvgIpc) is 2.48. The maximum Gasteiger partial charge on any atom is 0.130 e. The van der Waals surface area contributed by atoms with E-state index in [0.29, 0.717) is 13.0 Å². The van der Waals surface area contributed by atoms with Crippen LogP contribution < -0.4 is 10.1 Å². The SMILES string of the molecule is CCNc1ccnc(COc2ccc(CC#N)cc2)c1. The first-order chi connectivity index (χ1) is 9.81. The summed E-state index contributed by atoms with van der Waals surface area (Å²) in [6.45, 7) is 3.36. The monoisotopic (exact) mass is 267 g/mol.